The maximum Gasteiger partial charge on any atom is 0.128 e. The van der Waals surface area contributed by atoms with Crippen LogP contribution in [-0.2, 0) is 11.3 Å². The molecule has 1 aromatic heterocycles. The van der Waals surface area contributed by atoms with Gasteiger partial charge in [-0.25, -0.2) is 4.98 Å². The van der Waals surface area contributed by atoms with Crippen LogP contribution in [0.25, 0.3) is 0 Å². The van der Waals surface area contributed by atoms with Crippen LogP contribution in [0.5, 0.6) is 0 Å². The van der Waals surface area contributed by atoms with E-state index in [9.17, 15) is 0 Å². The van der Waals surface area contributed by atoms with Crippen molar-refractivity contribution in [1.29, 1.82) is 0 Å². The number of hydrogen-bond acceptors (Lipinski definition) is 4. The molecule has 18 heavy (non-hydrogen) atoms. The SMILES string of the molecule is COCCNCc1ccc(N2CCC(C)C2)nc1. The van der Waals surface area contributed by atoms with Crippen LogP contribution in [-0.4, -0.2) is 38.3 Å². The molecule has 1 aliphatic heterocycles. The molecule has 0 spiro atoms. The fourth-order valence-corrected chi connectivity index (χ4v) is 2.26. The van der Waals surface area contributed by atoms with Crippen LogP contribution in [0.3, 0.4) is 0 Å². The fraction of sp³-hybridized carbons (Fsp3) is 0.643. The van der Waals surface area contributed by atoms with Crippen molar-refractivity contribution in [1.82, 2.24) is 10.3 Å². The third-order valence-corrected chi connectivity index (χ3v) is 3.37. The number of ether oxygens (including phenoxy) is 1. The first kappa shape index (κ1) is 13.3. The van der Waals surface area contributed by atoms with Gasteiger partial charge in [0.15, 0.2) is 0 Å². The molecular formula is C14H23N3O. The summed E-state index contributed by atoms with van der Waals surface area (Å²) in [4.78, 5) is 6.92. The van der Waals surface area contributed by atoms with Crippen LogP contribution in [0.4, 0.5) is 5.82 Å². The topological polar surface area (TPSA) is 37.4 Å². The van der Waals surface area contributed by atoms with E-state index < -0.39 is 0 Å². The van der Waals surface area contributed by atoms with Gasteiger partial charge in [-0.3, -0.25) is 0 Å². The molecule has 100 valence electrons. The van der Waals surface area contributed by atoms with Crippen molar-refractivity contribution < 1.29 is 4.74 Å². The van der Waals surface area contributed by atoms with Gasteiger partial charge in [0, 0.05) is 39.5 Å². The molecule has 0 aromatic carbocycles. The van der Waals surface area contributed by atoms with E-state index in [1.54, 1.807) is 7.11 Å². The second-order valence-corrected chi connectivity index (χ2v) is 5.03. The first-order chi connectivity index (χ1) is 8.79. The number of aromatic nitrogens is 1. The van der Waals surface area contributed by atoms with Crippen molar-refractivity contribution in [2.75, 3.05) is 38.3 Å². The fourth-order valence-electron chi connectivity index (χ4n) is 2.26. The molecule has 0 bridgehead atoms. The third-order valence-electron chi connectivity index (χ3n) is 3.37. The highest BCUT2D eigenvalue weighted by Gasteiger charge is 2.19. The van der Waals surface area contributed by atoms with Crippen molar-refractivity contribution in [3.05, 3.63) is 23.9 Å². The summed E-state index contributed by atoms with van der Waals surface area (Å²) in [5.41, 5.74) is 1.22. The Morgan fingerprint density at radius 1 is 1.50 bits per heavy atom. The van der Waals surface area contributed by atoms with Crippen LogP contribution in [0.1, 0.15) is 18.9 Å². The summed E-state index contributed by atoms with van der Waals surface area (Å²) in [6.45, 7) is 7.05. The lowest BCUT2D eigenvalue weighted by Gasteiger charge is -2.17. The standard InChI is InChI=1S/C14H23N3O/c1-12-5-7-17(11-12)14-4-3-13(10-16-14)9-15-6-8-18-2/h3-4,10,12,15H,5-9,11H2,1-2H3. The highest BCUT2D eigenvalue weighted by Crippen LogP contribution is 2.21. The summed E-state index contributed by atoms with van der Waals surface area (Å²) < 4.78 is 4.99. The predicted octanol–water partition coefficient (Wildman–Crippen LogP) is 1.66. The van der Waals surface area contributed by atoms with Gasteiger partial charge >= 0.3 is 0 Å². The number of methoxy groups -OCH3 is 1. The summed E-state index contributed by atoms with van der Waals surface area (Å²) in [6.07, 6.45) is 3.25. The highest BCUT2D eigenvalue weighted by molar-refractivity contribution is 5.40. The van der Waals surface area contributed by atoms with Gasteiger partial charge < -0.3 is 15.0 Å². The summed E-state index contributed by atoms with van der Waals surface area (Å²) in [5, 5.41) is 3.32. The Kier molecular flexibility index (Phi) is 4.96. The number of pyridine rings is 1. The zero-order valence-electron chi connectivity index (χ0n) is 11.4. The van der Waals surface area contributed by atoms with E-state index >= 15 is 0 Å². The van der Waals surface area contributed by atoms with Crippen molar-refractivity contribution >= 4 is 5.82 Å². The average molecular weight is 249 g/mol. The highest BCUT2D eigenvalue weighted by atomic mass is 16.5. The van der Waals surface area contributed by atoms with Gasteiger partial charge in [-0.05, 0) is 24.0 Å². The molecule has 0 aliphatic carbocycles. The predicted molar refractivity (Wildman–Crippen MR) is 73.8 cm³/mol. The molecule has 2 heterocycles. The Labute approximate surface area is 109 Å². The molecule has 0 saturated carbocycles. The first-order valence-corrected chi connectivity index (χ1v) is 6.69. The minimum atomic E-state index is 0.747. The zero-order valence-corrected chi connectivity index (χ0v) is 11.4. The molecule has 0 amide bonds. The molecule has 1 saturated heterocycles. The zero-order chi connectivity index (χ0) is 12.8. The number of rotatable bonds is 6. The minimum Gasteiger partial charge on any atom is -0.383 e. The molecule has 0 radical (unpaired) electrons. The number of anilines is 1. The Balaban J connectivity index is 1.82. The quantitative estimate of drug-likeness (QED) is 0.778. The Hall–Kier alpha value is -1.13. The Morgan fingerprint density at radius 2 is 2.39 bits per heavy atom. The smallest absolute Gasteiger partial charge is 0.128 e. The summed E-state index contributed by atoms with van der Waals surface area (Å²) in [5.74, 6) is 1.90. The maximum absolute atomic E-state index is 4.99. The molecular weight excluding hydrogens is 226 g/mol. The van der Waals surface area contributed by atoms with Crippen molar-refractivity contribution in [2.24, 2.45) is 5.92 Å². The van der Waals surface area contributed by atoms with E-state index in [1.165, 1.54) is 12.0 Å². The Morgan fingerprint density at radius 3 is 3.00 bits per heavy atom. The van der Waals surface area contributed by atoms with Gasteiger partial charge in [-0.1, -0.05) is 13.0 Å². The second-order valence-electron chi connectivity index (χ2n) is 5.03. The summed E-state index contributed by atoms with van der Waals surface area (Å²) in [6, 6.07) is 4.29. The van der Waals surface area contributed by atoms with E-state index in [-0.39, 0.29) is 0 Å². The van der Waals surface area contributed by atoms with Crippen LogP contribution < -0.4 is 10.2 Å². The monoisotopic (exact) mass is 249 g/mol. The second kappa shape index (κ2) is 6.71. The van der Waals surface area contributed by atoms with Gasteiger partial charge in [-0.15, -0.1) is 0 Å². The minimum absolute atomic E-state index is 0.747. The largest absolute Gasteiger partial charge is 0.383 e. The lowest BCUT2D eigenvalue weighted by Crippen LogP contribution is -2.21. The lowest BCUT2D eigenvalue weighted by molar-refractivity contribution is 0.199. The maximum atomic E-state index is 4.99. The van der Waals surface area contributed by atoms with Gasteiger partial charge in [0.1, 0.15) is 5.82 Å². The van der Waals surface area contributed by atoms with Crippen molar-refractivity contribution in [3.8, 4) is 0 Å². The van der Waals surface area contributed by atoms with E-state index in [0.717, 1.165) is 44.5 Å². The van der Waals surface area contributed by atoms with Gasteiger partial charge in [0.05, 0.1) is 6.61 Å². The molecule has 1 atom stereocenters. The van der Waals surface area contributed by atoms with Crippen LogP contribution in [0.15, 0.2) is 18.3 Å². The average Bonchev–Trinajstić information content (AvgIpc) is 2.82. The third kappa shape index (κ3) is 3.68. The normalized spacial score (nSPS) is 19.4. The van der Waals surface area contributed by atoms with Gasteiger partial charge in [0.2, 0.25) is 0 Å². The van der Waals surface area contributed by atoms with E-state index in [1.807, 2.05) is 6.20 Å². The molecule has 1 aromatic rings. The molecule has 2 rings (SSSR count). The summed E-state index contributed by atoms with van der Waals surface area (Å²) >= 11 is 0. The molecule has 1 aliphatic rings. The van der Waals surface area contributed by atoms with Crippen LogP contribution >= 0.6 is 0 Å². The number of nitrogens with zero attached hydrogens (tertiary/aromatic N) is 2. The lowest BCUT2D eigenvalue weighted by atomic mass is 10.2. The summed E-state index contributed by atoms with van der Waals surface area (Å²) in [7, 11) is 1.72. The Bertz CT molecular complexity index is 353. The van der Waals surface area contributed by atoms with Gasteiger partial charge in [0.25, 0.3) is 0 Å². The van der Waals surface area contributed by atoms with E-state index in [2.05, 4.69) is 34.3 Å². The van der Waals surface area contributed by atoms with E-state index in [4.69, 9.17) is 4.74 Å². The van der Waals surface area contributed by atoms with Crippen LogP contribution in [0, 0.1) is 5.92 Å². The van der Waals surface area contributed by atoms with Gasteiger partial charge in [-0.2, -0.15) is 0 Å². The first-order valence-electron chi connectivity index (χ1n) is 6.69. The molecule has 1 N–H and O–H groups in total. The molecule has 4 heteroatoms. The number of hydrogen-bond donors (Lipinski definition) is 1. The van der Waals surface area contributed by atoms with Crippen molar-refractivity contribution in [3.63, 3.8) is 0 Å². The van der Waals surface area contributed by atoms with Crippen LogP contribution in [0.2, 0.25) is 0 Å². The molecule has 1 unspecified atom stereocenters. The van der Waals surface area contributed by atoms with E-state index in [0.29, 0.717) is 0 Å². The van der Waals surface area contributed by atoms with Crippen molar-refractivity contribution in [2.45, 2.75) is 19.9 Å². The molecule has 1 fully saturated rings. The molecule has 4 nitrogen and oxygen atoms in total. The number of nitrogens with one attached hydrogen (secondary N) is 1.